The largest absolute Gasteiger partial charge is 0.492 e. The van der Waals surface area contributed by atoms with E-state index in [9.17, 15) is 0 Å². The third-order valence-electron chi connectivity index (χ3n) is 6.08. The second-order valence-corrected chi connectivity index (χ2v) is 8.88. The Balaban J connectivity index is 1.33. The van der Waals surface area contributed by atoms with Crippen LogP contribution in [-0.2, 0) is 4.74 Å². The number of benzene rings is 3. The highest BCUT2D eigenvalue weighted by Crippen LogP contribution is 2.30. The lowest BCUT2D eigenvalue weighted by atomic mass is 10.0. The Labute approximate surface area is 206 Å². The number of fused-ring (bicyclic) bond motifs is 1. The van der Waals surface area contributed by atoms with Crippen LogP contribution in [0.25, 0.3) is 22.0 Å². The standard InChI is InChI=1S/C28H31N5O2/c1-32(2)14-19-35-25-12-6-21(7-13-25)26-5-3-4-22-20-29-28(31-27(22)26)30-23-8-10-24(11-9-23)33-15-17-34-18-16-33/h3-13,20H,14-19H2,1-2H3,(H,29,30,31). The zero-order valence-corrected chi connectivity index (χ0v) is 20.3. The number of anilines is 3. The molecule has 5 rings (SSSR count). The number of hydrogen-bond acceptors (Lipinski definition) is 7. The van der Waals surface area contributed by atoms with Crippen LogP contribution in [0.15, 0.2) is 72.9 Å². The molecule has 35 heavy (non-hydrogen) atoms. The summed E-state index contributed by atoms with van der Waals surface area (Å²) in [6.45, 7) is 4.95. The molecule has 1 aliphatic heterocycles. The molecule has 1 fully saturated rings. The van der Waals surface area contributed by atoms with E-state index in [0.29, 0.717) is 12.6 Å². The van der Waals surface area contributed by atoms with Crippen molar-refractivity contribution in [1.82, 2.24) is 14.9 Å². The minimum absolute atomic E-state index is 0.577. The molecule has 180 valence electrons. The van der Waals surface area contributed by atoms with Crippen molar-refractivity contribution >= 4 is 28.2 Å². The first-order chi connectivity index (χ1) is 17.2. The summed E-state index contributed by atoms with van der Waals surface area (Å²) in [7, 11) is 4.08. The van der Waals surface area contributed by atoms with Crippen molar-refractivity contribution in [2.24, 2.45) is 0 Å². The van der Waals surface area contributed by atoms with Crippen LogP contribution in [0.4, 0.5) is 17.3 Å². The Morgan fingerprint density at radius 1 is 0.971 bits per heavy atom. The van der Waals surface area contributed by atoms with Crippen LogP contribution in [0.3, 0.4) is 0 Å². The molecule has 0 spiro atoms. The van der Waals surface area contributed by atoms with Crippen LogP contribution >= 0.6 is 0 Å². The number of hydrogen-bond donors (Lipinski definition) is 1. The Hall–Kier alpha value is -3.68. The predicted octanol–water partition coefficient (Wildman–Crippen LogP) is 4.82. The summed E-state index contributed by atoms with van der Waals surface area (Å²) >= 11 is 0. The van der Waals surface area contributed by atoms with Gasteiger partial charge in [-0.1, -0.05) is 30.3 Å². The van der Waals surface area contributed by atoms with E-state index in [1.807, 2.05) is 44.6 Å². The monoisotopic (exact) mass is 469 g/mol. The highest BCUT2D eigenvalue weighted by Gasteiger charge is 2.12. The molecular weight excluding hydrogens is 438 g/mol. The van der Waals surface area contributed by atoms with E-state index in [0.717, 1.165) is 66.3 Å². The average Bonchev–Trinajstić information content (AvgIpc) is 2.89. The van der Waals surface area contributed by atoms with Gasteiger partial charge in [0.15, 0.2) is 0 Å². The van der Waals surface area contributed by atoms with Gasteiger partial charge < -0.3 is 24.6 Å². The number of nitrogens with zero attached hydrogens (tertiary/aromatic N) is 4. The summed E-state index contributed by atoms with van der Waals surface area (Å²) in [4.78, 5) is 13.8. The molecule has 1 saturated heterocycles. The number of likely N-dealkylation sites (N-methyl/N-ethyl adjacent to an activating group) is 1. The molecule has 7 nitrogen and oxygen atoms in total. The molecule has 1 aromatic heterocycles. The average molecular weight is 470 g/mol. The van der Waals surface area contributed by atoms with Gasteiger partial charge in [0.05, 0.1) is 18.7 Å². The number of ether oxygens (including phenoxy) is 2. The smallest absolute Gasteiger partial charge is 0.227 e. The fourth-order valence-corrected chi connectivity index (χ4v) is 4.13. The van der Waals surface area contributed by atoms with E-state index in [4.69, 9.17) is 14.5 Å². The van der Waals surface area contributed by atoms with Crippen LogP contribution in [0, 0.1) is 0 Å². The molecule has 0 unspecified atom stereocenters. The predicted molar refractivity (Wildman–Crippen MR) is 142 cm³/mol. The summed E-state index contributed by atoms with van der Waals surface area (Å²) in [5.74, 6) is 1.45. The van der Waals surface area contributed by atoms with Crippen molar-refractivity contribution in [1.29, 1.82) is 0 Å². The lowest BCUT2D eigenvalue weighted by Gasteiger charge is -2.28. The van der Waals surface area contributed by atoms with Gasteiger partial charge in [0, 0.05) is 48.2 Å². The van der Waals surface area contributed by atoms with E-state index in [1.54, 1.807) is 0 Å². The van der Waals surface area contributed by atoms with Crippen molar-refractivity contribution in [2.45, 2.75) is 0 Å². The van der Waals surface area contributed by atoms with Crippen LogP contribution in [-0.4, -0.2) is 68.4 Å². The molecule has 0 bridgehead atoms. The van der Waals surface area contributed by atoms with Crippen molar-refractivity contribution in [3.8, 4) is 16.9 Å². The fourth-order valence-electron chi connectivity index (χ4n) is 4.13. The van der Waals surface area contributed by atoms with Crippen molar-refractivity contribution in [3.63, 3.8) is 0 Å². The number of rotatable bonds is 8. The molecule has 0 atom stereocenters. The van der Waals surface area contributed by atoms with Crippen LogP contribution < -0.4 is 15.0 Å². The Morgan fingerprint density at radius 3 is 2.49 bits per heavy atom. The van der Waals surface area contributed by atoms with E-state index >= 15 is 0 Å². The van der Waals surface area contributed by atoms with Gasteiger partial charge in [-0.2, -0.15) is 0 Å². The minimum atomic E-state index is 0.577. The maximum absolute atomic E-state index is 5.84. The Kier molecular flexibility index (Phi) is 7.07. The van der Waals surface area contributed by atoms with Crippen LogP contribution in [0.1, 0.15) is 0 Å². The van der Waals surface area contributed by atoms with Crippen molar-refractivity contribution < 1.29 is 9.47 Å². The summed E-state index contributed by atoms with van der Waals surface area (Å²) in [6, 6.07) is 22.8. The Bertz CT molecular complexity index is 1250. The Morgan fingerprint density at radius 2 is 1.74 bits per heavy atom. The number of para-hydroxylation sites is 1. The van der Waals surface area contributed by atoms with Gasteiger partial charge in [-0.3, -0.25) is 0 Å². The van der Waals surface area contributed by atoms with Crippen molar-refractivity contribution in [3.05, 3.63) is 72.9 Å². The molecule has 3 aromatic carbocycles. The van der Waals surface area contributed by atoms with Crippen molar-refractivity contribution in [2.75, 3.05) is 63.8 Å². The molecular formula is C28H31N5O2. The molecule has 7 heteroatoms. The normalized spacial score (nSPS) is 13.9. The molecule has 0 aliphatic carbocycles. The van der Waals surface area contributed by atoms with Gasteiger partial charge in [0.2, 0.25) is 5.95 Å². The summed E-state index contributed by atoms with van der Waals surface area (Å²) in [5, 5.41) is 4.36. The van der Waals surface area contributed by atoms with Gasteiger partial charge >= 0.3 is 0 Å². The molecule has 4 aromatic rings. The molecule has 1 N–H and O–H groups in total. The number of morpholine rings is 1. The second-order valence-electron chi connectivity index (χ2n) is 8.88. The van der Waals surface area contributed by atoms with Crippen LogP contribution in [0.2, 0.25) is 0 Å². The summed E-state index contributed by atoms with van der Waals surface area (Å²) in [6.07, 6.45) is 1.87. The van der Waals surface area contributed by atoms with Gasteiger partial charge in [-0.25, -0.2) is 9.97 Å². The topological polar surface area (TPSA) is 62.8 Å². The summed E-state index contributed by atoms with van der Waals surface area (Å²) < 4.78 is 11.3. The fraction of sp³-hybridized carbons (Fsp3) is 0.286. The third kappa shape index (κ3) is 5.70. The van der Waals surface area contributed by atoms with E-state index < -0.39 is 0 Å². The summed E-state index contributed by atoms with van der Waals surface area (Å²) in [5.41, 5.74) is 5.23. The minimum Gasteiger partial charge on any atom is -0.492 e. The number of nitrogens with one attached hydrogen (secondary N) is 1. The highest BCUT2D eigenvalue weighted by atomic mass is 16.5. The zero-order chi connectivity index (χ0) is 24.0. The quantitative estimate of drug-likeness (QED) is 0.397. The first kappa shape index (κ1) is 23.1. The molecule has 1 aliphatic rings. The van der Waals surface area contributed by atoms with Gasteiger partial charge in [0.1, 0.15) is 12.4 Å². The maximum atomic E-state index is 5.84. The van der Waals surface area contributed by atoms with E-state index in [1.165, 1.54) is 5.69 Å². The first-order valence-electron chi connectivity index (χ1n) is 12.0. The molecule has 0 radical (unpaired) electrons. The lowest BCUT2D eigenvalue weighted by Crippen LogP contribution is -2.36. The molecule has 0 saturated carbocycles. The lowest BCUT2D eigenvalue weighted by molar-refractivity contribution is 0.122. The van der Waals surface area contributed by atoms with Gasteiger partial charge in [-0.15, -0.1) is 0 Å². The first-order valence-corrected chi connectivity index (χ1v) is 12.0. The van der Waals surface area contributed by atoms with E-state index in [-0.39, 0.29) is 0 Å². The second kappa shape index (κ2) is 10.7. The molecule has 2 heterocycles. The molecule has 0 amide bonds. The SMILES string of the molecule is CN(C)CCOc1ccc(-c2cccc3cnc(Nc4ccc(N5CCOCC5)cc4)nc23)cc1. The number of aromatic nitrogens is 2. The highest BCUT2D eigenvalue weighted by molar-refractivity contribution is 5.94. The van der Waals surface area contributed by atoms with Gasteiger partial charge in [0.25, 0.3) is 0 Å². The zero-order valence-electron chi connectivity index (χ0n) is 20.3. The van der Waals surface area contributed by atoms with E-state index in [2.05, 4.69) is 62.6 Å². The van der Waals surface area contributed by atoms with Gasteiger partial charge in [-0.05, 0) is 56.1 Å². The maximum Gasteiger partial charge on any atom is 0.227 e. The third-order valence-corrected chi connectivity index (χ3v) is 6.08. The van der Waals surface area contributed by atoms with Crippen LogP contribution in [0.5, 0.6) is 5.75 Å².